The second kappa shape index (κ2) is 7.95. The quantitative estimate of drug-likeness (QED) is 0.489. The van der Waals surface area contributed by atoms with E-state index in [0.717, 1.165) is 11.1 Å². The minimum absolute atomic E-state index is 0.0521. The summed E-state index contributed by atoms with van der Waals surface area (Å²) in [6, 6.07) is 12.2. The molecule has 0 amide bonds. The molecular formula is C21H20O6. The van der Waals surface area contributed by atoms with Crippen LogP contribution in [-0.4, -0.2) is 19.7 Å². The number of aryl methyl sites for hydroxylation is 2. The van der Waals surface area contributed by atoms with Crippen LogP contribution in [-0.2, 0) is 16.1 Å². The molecule has 0 aliphatic carbocycles. The first kappa shape index (κ1) is 18.5. The maximum Gasteiger partial charge on any atom is 0.344 e. The van der Waals surface area contributed by atoms with Gasteiger partial charge in [-0.15, -0.1) is 0 Å². The van der Waals surface area contributed by atoms with Crippen molar-refractivity contribution in [3.63, 3.8) is 0 Å². The van der Waals surface area contributed by atoms with Crippen LogP contribution < -0.4 is 15.1 Å². The van der Waals surface area contributed by atoms with Crippen molar-refractivity contribution < 1.29 is 23.4 Å². The molecule has 0 unspecified atom stereocenters. The van der Waals surface area contributed by atoms with Crippen molar-refractivity contribution in [2.75, 3.05) is 13.7 Å². The number of carbonyl (C=O) groups is 1. The Morgan fingerprint density at radius 1 is 1.00 bits per heavy atom. The highest BCUT2D eigenvalue weighted by Gasteiger charge is 2.11. The average molecular weight is 368 g/mol. The lowest BCUT2D eigenvalue weighted by atomic mass is 10.1. The fourth-order valence-corrected chi connectivity index (χ4v) is 2.82. The molecule has 0 saturated carbocycles. The molecule has 0 spiro atoms. The molecule has 3 aromatic rings. The van der Waals surface area contributed by atoms with E-state index in [1.165, 1.54) is 13.2 Å². The predicted molar refractivity (Wildman–Crippen MR) is 100 cm³/mol. The van der Waals surface area contributed by atoms with Crippen molar-refractivity contribution in [2.45, 2.75) is 20.5 Å². The van der Waals surface area contributed by atoms with Crippen molar-refractivity contribution in [3.8, 4) is 11.5 Å². The van der Waals surface area contributed by atoms with Gasteiger partial charge in [0.2, 0.25) is 0 Å². The number of fused-ring (bicyclic) bond motifs is 1. The van der Waals surface area contributed by atoms with Crippen LogP contribution in [0.15, 0.2) is 51.7 Å². The monoisotopic (exact) mass is 368 g/mol. The Balaban J connectivity index is 1.67. The van der Waals surface area contributed by atoms with Crippen molar-refractivity contribution in [1.82, 2.24) is 0 Å². The molecule has 1 aromatic heterocycles. The Kier molecular flexibility index (Phi) is 5.45. The molecule has 0 radical (unpaired) electrons. The Bertz CT molecular complexity index is 1010. The largest absolute Gasteiger partial charge is 0.497 e. The number of methoxy groups -OCH3 is 1. The van der Waals surface area contributed by atoms with E-state index < -0.39 is 11.6 Å². The molecule has 0 fully saturated rings. The molecule has 27 heavy (non-hydrogen) atoms. The molecular weight excluding hydrogens is 348 g/mol. The van der Waals surface area contributed by atoms with Gasteiger partial charge < -0.3 is 18.6 Å². The molecule has 0 aliphatic heterocycles. The summed E-state index contributed by atoms with van der Waals surface area (Å²) in [5, 5.41) is 0.679. The lowest BCUT2D eigenvalue weighted by molar-refractivity contribution is -0.147. The molecule has 140 valence electrons. The van der Waals surface area contributed by atoms with Gasteiger partial charge in [0.1, 0.15) is 23.7 Å². The fourth-order valence-electron chi connectivity index (χ4n) is 2.82. The van der Waals surface area contributed by atoms with E-state index in [9.17, 15) is 9.59 Å². The molecule has 2 aromatic carbocycles. The van der Waals surface area contributed by atoms with Gasteiger partial charge in [-0.1, -0.05) is 6.07 Å². The minimum atomic E-state index is -0.524. The highest BCUT2D eigenvalue weighted by molar-refractivity contribution is 5.81. The molecule has 0 aliphatic rings. The van der Waals surface area contributed by atoms with Crippen LogP contribution >= 0.6 is 0 Å². The molecule has 0 bridgehead atoms. The molecule has 6 heteroatoms. The summed E-state index contributed by atoms with van der Waals surface area (Å²) >= 11 is 0. The van der Waals surface area contributed by atoms with E-state index in [4.69, 9.17) is 18.6 Å². The number of rotatable bonds is 6. The lowest BCUT2D eigenvalue weighted by Gasteiger charge is -2.10. The molecule has 0 saturated heterocycles. The summed E-state index contributed by atoms with van der Waals surface area (Å²) in [7, 11) is 1.53. The summed E-state index contributed by atoms with van der Waals surface area (Å²) in [6.45, 7) is 3.65. The normalized spacial score (nSPS) is 10.6. The Hall–Kier alpha value is -3.28. The number of ether oxygens (including phenoxy) is 3. The number of benzene rings is 2. The van der Waals surface area contributed by atoms with E-state index in [1.54, 1.807) is 18.2 Å². The van der Waals surface area contributed by atoms with Gasteiger partial charge in [0.05, 0.1) is 7.11 Å². The van der Waals surface area contributed by atoms with Gasteiger partial charge in [0.25, 0.3) is 0 Å². The highest BCUT2D eigenvalue weighted by atomic mass is 16.6. The zero-order chi connectivity index (χ0) is 19.4. The number of hydrogen-bond acceptors (Lipinski definition) is 6. The zero-order valence-corrected chi connectivity index (χ0v) is 15.4. The minimum Gasteiger partial charge on any atom is -0.497 e. The first-order valence-corrected chi connectivity index (χ1v) is 8.42. The third kappa shape index (κ3) is 4.67. The molecule has 0 atom stereocenters. The average Bonchev–Trinajstić information content (AvgIpc) is 2.63. The van der Waals surface area contributed by atoms with Gasteiger partial charge in [0, 0.05) is 23.1 Å². The summed E-state index contributed by atoms with van der Waals surface area (Å²) in [6.07, 6.45) is 0. The Labute approximate surface area is 156 Å². The first-order chi connectivity index (χ1) is 12.9. The number of hydrogen-bond donors (Lipinski definition) is 0. The van der Waals surface area contributed by atoms with Crippen molar-refractivity contribution in [2.24, 2.45) is 0 Å². The van der Waals surface area contributed by atoms with Crippen LogP contribution in [0.1, 0.15) is 16.7 Å². The van der Waals surface area contributed by atoms with E-state index in [0.29, 0.717) is 28.0 Å². The molecule has 1 heterocycles. The summed E-state index contributed by atoms with van der Waals surface area (Å²) in [4.78, 5) is 23.8. The van der Waals surface area contributed by atoms with E-state index in [-0.39, 0.29) is 13.2 Å². The van der Waals surface area contributed by atoms with Crippen molar-refractivity contribution >= 4 is 16.9 Å². The van der Waals surface area contributed by atoms with Crippen LogP contribution in [0, 0.1) is 13.8 Å². The zero-order valence-electron chi connectivity index (χ0n) is 15.4. The Morgan fingerprint density at radius 3 is 2.44 bits per heavy atom. The van der Waals surface area contributed by atoms with Gasteiger partial charge in [-0.2, -0.15) is 0 Å². The molecule has 3 rings (SSSR count). The van der Waals surface area contributed by atoms with Gasteiger partial charge in [-0.25, -0.2) is 9.59 Å². The maximum atomic E-state index is 12.0. The van der Waals surface area contributed by atoms with Crippen LogP contribution in [0.3, 0.4) is 0 Å². The van der Waals surface area contributed by atoms with E-state index in [1.807, 2.05) is 32.0 Å². The standard InChI is InChI=1S/C21H20O6/c1-13-6-14(2)8-17(7-13)25-12-21(23)26-11-15-9-20(22)27-19-10-16(24-3)4-5-18(15)19/h4-10H,11-12H2,1-3H3. The summed E-state index contributed by atoms with van der Waals surface area (Å²) in [5.74, 6) is 0.660. The number of esters is 1. The predicted octanol–water partition coefficient (Wildman–Crippen LogP) is 3.54. The second-order valence-corrected chi connectivity index (χ2v) is 6.23. The third-order valence-corrected chi connectivity index (χ3v) is 3.98. The van der Waals surface area contributed by atoms with Crippen molar-refractivity contribution in [1.29, 1.82) is 0 Å². The molecule has 6 nitrogen and oxygen atoms in total. The Morgan fingerprint density at radius 2 is 1.74 bits per heavy atom. The first-order valence-electron chi connectivity index (χ1n) is 8.42. The smallest absolute Gasteiger partial charge is 0.344 e. The summed E-state index contributed by atoms with van der Waals surface area (Å²) < 4.78 is 21.0. The van der Waals surface area contributed by atoms with E-state index in [2.05, 4.69) is 0 Å². The third-order valence-electron chi connectivity index (χ3n) is 3.98. The van der Waals surface area contributed by atoms with Gasteiger partial charge in [0.15, 0.2) is 6.61 Å². The number of carbonyl (C=O) groups excluding carboxylic acids is 1. The van der Waals surface area contributed by atoms with Gasteiger partial charge >= 0.3 is 11.6 Å². The van der Waals surface area contributed by atoms with Crippen LogP contribution in [0.25, 0.3) is 11.0 Å². The topological polar surface area (TPSA) is 75.0 Å². The summed E-state index contributed by atoms with van der Waals surface area (Å²) in [5.41, 5.74) is 2.52. The van der Waals surface area contributed by atoms with E-state index >= 15 is 0 Å². The van der Waals surface area contributed by atoms with Crippen LogP contribution in [0.5, 0.6) is 11.5 Å². The molecule has 0 N–H and O–H groups in total. The van der Waals surface area contributed by atoms with Crippen molar-refractivity contribution in [3.05, 3.63) is 69.6 Å². The van der Waals surface area contributed by atoms with Gasteiger partial charge in [-0.3, -0.25) is 0 Å². The second-order valence-electron chi connectivity index (χ2n) is 6.23. The maximum absolute atomic E-state index is 12.0. The lowest BCUT2D eigenvalue weighted by Crippen LogP contribution is -2.15. The van der Waals surface area contributed by atoms with Crippen LogP contribution in [0.2, 0.25) is 0 Å². The fraction of sp³-hybridized carbons (Fsp3) is 0.238. The van der Waals surface area contributed by atoms with Gasteiger partial charge in [-0.05, 0) is 49.2 Å². The highest BCUT2D eigenvalue weighted by Crippen LogP contribution is 2.23. The van der Waals surface area contributed by atoms with Crippen LogP contribution in [0.4, 0.5) is 0 Å². The SMILES string of the molecule is COc1ccc2c(COC(=O)COc3cc(C)cc(C)c3)cc(=O)oc2c1.